The first-order valence-electron chi connectivity index (χ1n) is 4.59. The van der Waals surface area contributed by atoms with Crippen molar-refractivity contribution in [1.82, 2.24) is 9.38 Å². The van der Waals surface area contributed by atoms with Crippen LogP contribution in [-0.2, 0) is 0 Å². The third kappa shape index (κ3) is 1.27. The van der Waals surface area contributed by atoms with Crippen molar-refractivity contribution in [2.45, 2.75) is 18.8 Å². The molecule has 0 amide bonds. The molecule has 2 heterocycles. The van der Waals surface area contributed by atoms with E-state index in [1.54, 1.807) is 0 Å². The largest absolute Gasteiger partial charge is 0.302 e. The molecule has 0 spiro atoms. The zero-order valence-corrected chi connectivity index (χ0v) is 9.72. The second-order valence-electron chi connectivity index (χ2n) is 3.64. The molecular formula is C10H8BrClN2. The number of rotatable bonds is 1. The predicted octanol–water partition coefficient (Wildman–Crippen LogP) is 3.63. The van der Waals surface area contributed by atoms with Gasteiger partial charge in [0.25, 0.3) is 0 Å². The third-order valence-corrected chi connectivity index (χ3v) is 3.30. The van der Waals surface area contributed by atoms with Crippen molar-refractivity contribution >= 4 is 33.0 Å². The monoisotopic (exact) mass is 270 g/mol. The summed E-state index contributed by atoms with van der Waals surface area (Å²) in [6.45, 7) is 0. The lowest BCUT2D eigenvalue weighted by Crippen LogP contribution is -1.90. The van der Waals surface area contributed by atoms with Gasteiger partial charge in [0.05, 0.1) is 5.52 Å². The molecule has 3 rings (SSSR count). The summed E-state index contributed by atoms with van der Waals surface area (Å²) in [4.78, 5) is 4.40. The Morgan fingerprint density at radius 3 is 3.00 bits per heavy atom. The zero-order valence-electron chi connectivity index (χ0n) is 7.37. The van der Waals surface area contributed by atoms with Crippen molar-refractivity contribution in [3.8, 4) is 0 Å². The Kier molecular flexibility index (Phi) is 1.86. The summed E-state index contributed by atoms with van der Waals surface area (Å²) in [5.74, 6) is 1.73. The number of hydrogen-bond acceptors (Lipinski definition) is 1. The summed E-state index contributed by atoms with van der Waals surface area (Å²) in [6, 6.07) is 4.01. The van der Waals surface area contributed by atoms with Gasteiger partial charge in [0.2, 0.25) is 0 Å². The number of hydrogen-bond donors (Lipinski definition) is 0. The molecule has 14 heavy (non-hydrogen) atoms. The SMILES string of the molecule is Clc1nc(C2CC2)n2ccc(Br)cc12. The highest BCUT2D eigenvalue weighted by atomic mass is 79.9. The van der Waals surface area contributed by atoms with E-state index in [9.17, 15) is 0 Å². The number of halogens is 2. The van der Waals surface area contributed by atoms with Gasteiger partial charge >= 0.3 is 0 Å². The molecular weight excluding hydrogens is 263 g/mol. The Bertz CT molecular complexity index is 502. The molecule has 0 N–H and O–H groups in total. The van der Waals surface area contributed by atoms with E-state index in [1.807, 2.05) is 18.3 Å². The third-order valence-electron chi connectivity index (χ3n) is 2.53. The fraction of sp³-hybridized carbons (Fsp3) is 0.300. The minimum atomic E-state index is 0.605. The first kappa shape index (κ1) is 8.74. The highest BCUT2D eigenvalue weighted by Crippen LogP contribution is 2.40. The molecule has 1 saturated carbocycles. The molecule has 0 saturated heterocycles. The van der Waals surface area contributed by atoms with Crippen LogP contribution in [0.25, 0.3) is 5.52 Å². The van der Waals surface area contributed by atoms with Gasteiger partial charge in [-0.25, -0.2) is 4.98 Å². The summed E-state index contributed by atoms with van der Waals surface area (Å²) in [5, 5.41) is 0.605. The number of aromatic nitrogens is 2. The number of fused-ring (bicyclic) bond motifs is 1. The molecule has 0 bridgehead atoms. The molecule has 0 atom stereocenters. The van der Waals surface area contributed by atoms with Gasteiger partial charge in [-0.05, 0) is 25.0 Å². The molecule has 4 heteroatoms. The quantitative estimate of drug-likeness (QED) is 0.774. The summed E-state index contributed by atoms with van der Waals surface area (Å²) in [7, 11) is 0. The van der Waals surface area contributed by atoms with Crippen molar-refractivity contribution in [1.29, 1.82) is 0 Å². The average molecular weight is 272 g/mol. The van der Waals surface area contributed by atoms with E-state index in [1.165, 1.54) is 12.8 Å². The topological polar surface area (TPSA) is 17.3 Å². The fourth-order valence-electron chi connectivity index (χ4n) is 1.67. The molecule has 1 aliphatic carbocycles. The Hall–Kier alpha value is -0.540. The molecule has 1 aliphatic rings. The second kappa shape index (κ2) is 2.97. The maximum atomic E-state index is 6.07. The van der Waals surface area contributed by atoms with Gasteiger partial charge < -0.3 is 4.40 Å². The van der Waals surface area contributed by atoms with Gasteiger partial charge in [0.15, 0.2) is 5.15 Å². The Morgan fingerprint density at radius 2 is 2.29 bits per heavy atom. The summed E-state index contributed by atoms with van der Waals surface area (Å²) < 4.78 is 3.12. The van der Waals surface area contributed by atoms with Crippen LogP contribution in [0, 0.1) is 0 Å². The van der Waals surface area contributed by atoms with E-state index in [0.717, 1.165) is 15.8 Å². The van der Waals surface area contributed by atoms with Crippen LogP contribution in [0.2, 0.25) is 5.15 Å². The molecule has 2 aromatic rings. The van der Waals surface area contributed by atoms with Gasteiger partial charge in [0, 0.05) is 16.6 Å². The Labute approximate surface area is 95.0 Å². The van der Waals surface area contributed by atoms with E-state index in [-0.39, 0.29) is 0 Å². The van der Waals surface area contributed by atoms with Gasteiger partial charge in [-0.1, -0.05) is 27.5 Å². The first-order chi connectivity index (χ1) is 6.75. The molecule has 0 aliphatic heterocycles. The second-order valence-corrected chi connectivity index (χ2v) is 4.91. The molecule has 0 unspecified atom stereocenters. The number of nitrogens with zero attached hydrogens (tertiary/aromatic N) is 2. The van der Waals surface area contributed by atoms with Crippen LogP contribution in [0.15, 0.2) is 22.8 Å². The normalized spacial score (nSPS) is 16.4. The summed E-state index contributed by atoms with van der Waals surface area (Å²) >= 11 is 9.50. The molecule has 0 radical (unpaired) electrons. The molecule has 2 nitrogen and oxygen atoms in total. The van der Waals surface area contributed by atoms with E-state index in [4.69, 9.17) is 11.6 Å². The lowest BCUT2D eigenvalue weighted by Gasteiger charge is -1.98. The van der Waals surface area contributed by atoms with Crippen LogP contribution in [-0.4, -0.2) is 9.38 Å². The summed E-state index contributed by atoms with van der Waals surface area (Å²) in [5.41, 5.74) is 0.989. The Balaban J connectivity index is 2.32. The van der Waals surface area contributed by atoms with Crippen LogP contribution in [0.3, 0.4) is 0 Å². The maximum Gasteiger partial charge on any atom is 0.155 e. The van der Waals surface area contributed by atoms with Crippen molar-refractivity contribution in [3.63, 3.8) is 0 Å². The molecule has 72 valence electrons. The van der Waals surface area contributed by atoms with Crippen molar-refractivity contribution in [2.24, 2.45) is 0 Å². The van der Waals surface area contributed by atoms with Crippen LogP contribution in [0.1, 0.15) is 24.6 Å². The smallest absolute Gasteiger partial charge is 0.155 e. The molecule has 1 fully saturated rings. The lowest BCUT2D eigenvalue weighted by atomic mass is 10.4. The van der Waals surface area contributed by atoms with E-state index in [2.05, 4.69) is 25.3 Å². The van der Waals surface area contributed by atoms with Crippen molar-refractivity contribution in [3.05, 3.63) is 33.8 Å². The standard InChI is InChI=1S/C10H8BrClN2/c11-7-3-4-14-8(5-7)9(12)13-10(14)6-1-2-6/h3-6H,1-2H2. The summed E-state index contributed by atoms with van der Waals surface area (Å²) in [6.07, 6.45) is 4.50. The van der Waals surface area contributed by atoms with Crippen LogP contribution < -0.4 is 0 Å². The van der Waals surface area contributed by atoms with E-state index in [0.29, 0.717) is 11.1 Å². The van der Waals surface area contributed by atoms with Crippen LogP contribution >= 0.6 is 27.5 Å². The first-order valence-corrected chi connectivity index (χ1v) is 5.76. The number of pyridine rings is 1. The maximum absolute atomic E-state index is 6.07. The fourth-order valence-corrected chi connectivity index (χ4v) is 2.24. The Morgan fingerprint density at radius 1 is 1.50 bits per heavy atom. The minimum Gasteiger partial charge on any atom is -0.302 e. The zero-order chi connectivity index (χ0) is 9.71. The average Bonchev–Trinajstić information content (AvgIpc) is 2.94. The van der Waals surface area contributed by atoms with Gasteiger partial charge in [-0.15, -0.1) is 0 Å². The minimum absolute atomic E-state index is 0.605. The molecule has 2 aromatic heterocycles. The molecule has 0 aromatic carbocycles. The van der Waals surface area contributed by atoms with Crippen LogP contribution in [0.5, 0.6) is 0 Å². The van der Waals surface area contributed by atoms with Crippen LogP contribution in [0.4, 0.5) is 0 Å². The number of imidazole rings is 1. The highest BCUT2D eigenvalue weighted by Gasteiger charge is 2.28. The van der Waals surface area contributed by atoms with Crippen molar-refractivity contribution < 1.29 is 0 Å². The lowest BCUT2D eigenvalue weighted by molar-refractivity contribution is 0.920. The van der Waals surface area contributed by atoms with Gasteiger partial charge in [-0.3, -0.25) is 0 Å². The van der Waals surface area contributed by atoms with Crippen molar-refractivity contribution in [2.75, 3.05) is 0 Å². The van der Waals surface area contributed by atoms with Gasteiger partial charge in [0.1, 0.15) is 5.82 Å². The predicted molar refractivity (Wildman–Crippen MR) is 59.9 cm³/mol. The highest BCUT2D eigenvalue weighted by molar-refractivity contribution is 9.10. The van der Waals surface area contributed by atoms with E-state index >= 15 is 0 Å². The van der Waals surface area contributed by atoms with Gasteiger partial charge in [-0.2, -0.15) is 0 Å². The van der Waals surface area contributed by atoms with E-state index < -0.39 is 0 Å².